The third kappa shape index (κ3) is 3.42. The lowest BCUT2D eigenvalue weighted by Crippen LogP contribution is -2.05. The van der Waals surface area contributed by atoms with Gasteiger partial charge in [-0.3, -0.25) is 0 Å². The molecule has 0 bridgehead atoms. The van der Waals surface area contributed by atoms with Gasteiger partial charge < -0.3 is 10.1 Å². The second kappa shape index (κ2) is 6.33. The third-order valence-corrected chi connectivity index (χ3v) is 2.72. The van der Waals surface area contributed by atoms with E-state index in [0.717, 1.165) is 5.56 Å². The molecule has 5 heteroatoms. The lowest BCUT2D eigenvalue weighted by atomic mass is 10.1. The van der Waals surface area contributed by atoms with Gasteiger partial charge in [-0.1, -0.05) is 35.9 Å². The van der Waals surface area contributed by atoms with Crippen molar-refractivity contribution in [3.05, 3.63) is 52.9 Å². The van der Waals surface area contributed by atoms with Crippen LogP contribution in [0.15, 0.2) is 36.7 Å². The molecule has 0 aliphatic carbocycles. The topological polar surface area (TPSA) is 47.0 Å². The fraction of sp³-hybridized carbons (Fsp3) is 0.231. The molecule has 1 heterocycles. The first kappa shape index (κ1) is 12.8. The zero-order chi connectivity index (χ0) is 12.8. The second-order valence-corrected chi connectivity index (χ2v) is 4.17. The predicted molar refractivity (Wildman–Crippen MR) is 71.5 cm³/mol. The maximum atomic E-state index is 5.80. The summed E-state index contributed by atoms with van der Waals surface area (Å²) in [5, 5.41) is 3.64. The maximum Gasteiger partial charge on any atom is 0.134 e. The highest BCUT2D eigenvalue weighted by atomic mass is 35.5. The molecule has 0 saturated carbocycles. The monoisotopic (exact) mass is 263 g/mol. The van der Waals surface area contributed by atoms with Crippen LogP contribution in [0.2, 0.25) is 5.15 Å². The minimum absolute atomic E-state index is 0.428. The Morgan fingerprint density at radius 2 is 2.00 bits per heavy atom. The average molecular weight is 264 g/mol. The SMILES string of the molecule is COCc1ccccc1CNc1cc(Cl)ncn1. The van der Waals surface area contributed by atoms with Gasteiger partial charge >= 0.3 is 0 Å². The molecule has 0 saturated heterocycles. The molecule has 94 valence electrons. The van der Waals surface area contributed by atoms with Gasteiger partial charge in [-0.15, -0.1) is 0 Å². The van der Waals surface area contributed by atoms with Crippen molar-refractivity contribution in [2.75, 3.05) is 12.4 Å². The molecule has 1 aromatic heterocycles. The summed E-state index contributed by atoms with van der Waals surface area (Å²) >= 11 is 5.80. The van der Waals surface area contributed by atoms with E-state index in [9.17, 15) is 0 Å². The maximum absolute atomic E-state index is 5.80. The van der Waals surface area contributed by atoms with E-state index in [1.54, 1.807) is 13.2 Å². The summed E-state index contributed by atoms with van der Waals surface area (Å²) in [6, 6.07) is 9.81. The number of hydrogen-bond acceptors (Lipinski definition) is 4. The molecule has 4 nitrogen and oxygen atoms in total. The first-order valence-corrected chi connectivity index (χ1v) is 5.94. The van der Waals surface area contributed by atoms with E-state index in [4.69, 9.17) is 16.3 Å². The molecule has 0 atom stereocenters. The van der Waals surface area contributed by atoms with Gasteiger partial charge in [-0.25, -0.2) is 9.97 Å². The van der Waals surface area contributed by atoms with E-state index in [2.05, 4.69) is 21.4 Å². The summed E-state index contributed by atoms with van der Waals surface area (Å²) in [6.45, 7) is 1.27. The molecular weight excluding hydrogens is 250 g/mol. The lowest BCUT2D eigenvalue weighted by Gasteiger charge is -2.10. The average Bonchev–Trinajstić information content (AvgIpc) is 2.38. The van der Waals surface area contributed by atoms with Crippen molar-refractivity contribution in [3.8, 4) is 0 Å². The van der Waals surface area contributed by atoms with Crippen LogP contribution in [0.25, 0.3) is 0 Å². The van der Waals surface area contributed by atoms with Crippen LogP contribution in [0.3, 0.4) is 0 Å². The summed E-state index contributed by atoms with van der Waals surface area (Å²) in [5.74, 6) is 0.710. The van der Waals surface area contributed by atoms with Gasteiger partial charge in [0.15, 0.2) is 0 Å². The van der Waals surface area contributed by atoms with Crippen LogP contribution < -0.4 is 5.32 Å². The van der Waals surface area contributed by atoms with Gasteiger partial charge in [-0.05, 0) is 11.1 Å². The predicted octanol–water partition coefficient (Wildman–Crippen LogP) is 2.89. The third-order valence-electron chi connectivity index (χ3n) is 2.51. The minimum atomic E-state index is 0.428. The molecule has 0 unspecified atom stereocenters. The van der Waals surface area contributed by atoms with Crippen molar-refractivity contribution in [1.82, 2.24) is 9.97 Å². The molecule has 18 heavy (non-hydrogen) atoms. The van der Waals surface area contributed by atoms with Gasteiger partial charge in [0.25, 0.3) is 0 Å². The summed E-state index contributed by atoms with van der Waals surface area (Å²) in [4.78, 5) is 7.93. The fourth-order valence-corrected chi connectivity index (χ4v) is 1.79. The van der Waals surface area contributed by atoms with Crippen molar-refractivity contribution < 1.29 is 4.74 Å². The van der Waals surface area contributed by atoms with Crippen LogP contribution in [0.4, 0.5) is 5.82 Å². The Kier molecular flexibility index (Phi) is 4.50. The number of methoxy groups -OCH3 is 1. The molecule has 0 radical (unpaired) electrons. The molecule has 0 spiro atoms. The number of ether oxygens (including phenoxy) is 1. The molecule has 1 aromatic carbocycles. The number of benzene rings is 1. The molecule has 0 aliphatic heterocycles. The first-order valence-electron chi connectivity index (χ1n) is 5.56. The van der Waals surface area contributed by atoms with Crippen molar-refractivity contribution in [2.45, 2.75) is 13.2 Å². The molecule has 2 rings (SSSR count). The van der Waals surface area contributed by atoms with Gasteiger partial charge in [0, 0.05) is 19.7 Å². The number of nitrogens with one attached hydrogen (secondary N) is 1. The van der Waals surface area contributed by atoms with Crippen LogP contribution in [0.1, 0.15) is 11.1 Å². The number of rotatable bonds is 5. The van der Waals surface area contributed by atoms with Crippen LogP contribution in [0.5, 0.6) is 0 Å². The van der Waals surface area contributed by atoms with E-state index in [-0.39, 0.29) is 0 Å². The Bertz CT molecular complexity index is 519. The Labute approximate surface area is 111 Å². The minimum Gasteiger partial charge on any atom is -0.380 e. The standard InChI is InChI=1S/C13H14ClN3O/c1-18-8-11-5-3-2-4-10(11)7-15-13-6-12(14)16-9-17-13/h2-6,9H,7-8H2,1H3,(H,15,16,17). The van der Waals surface area contributed by atoms with Gasteiger partial charge in [-0.2, -0.15) is 0 Å². The molecule has 2 aromatic rings. The van der Waals surface area contributed by atoms with E-state index >= 15 is 0 Å². The Morgan fingerprint density at radius 1 is 1.22 bits per heavy atom. The highest BCUT2D eigenvalue weighted by Crippen LogP contribution is 2.13. The zero-order valence-electron chi connectivity index (χ0n) is 10.1. The van der Waals surface area contributed by atoms with Crippen LogP contribution in [0, 0.1) is 0 Å². The summed E-state index contributed by atoms with van der Waals surface area (Å²) < 4.78 is 5.17. The van der Waals surface area contributed by atoms with E-state index in [1.807, 2.05) is 18.2 Å². The van der Waals surface area contributed by atoms with Gasteiger partial charge in [0.1, 0.15) is 17.3 Å². The largest absolute Gasteiger partial charge is 0.380 e. The highest BCUT2D eigenvalue weighted by Gasteiger charge is 2.02. The normalized spacial score (nSPS) is 10.3. The number of nitrogens with zero attached hydrogens (tertiary/aromatic N) is 2. The van der Waals surface area contributed by atoms with Crippen molar-refractivity contribution in [1.29, 1.82) is 0 Å². The van der Waals surface area contributed by atoms with Crippen LogP contribution in [-0.4, -0.2) is 17.1 Å². The first-order chi connectivity index (χ1) is 8.79. The second-order valence-electron chi connectivity index (χ2n) is 3.78. The fourth-order valence-electron chi connectivity index (χ4n) is 1.64. The Hall–Kier alpha value is -1.65. The van der Waals surface area contributed by atoms with Crippen molar-refractivity contribution in [2.24, 2.45) is 0 Å². The van der Waals surface area contributed by atoms with Crippen LogP contribution in [-0.2, 0) is 17.9 Å². The highest BCUT2D eigenvalue weighted by molar-refractivity contribution is 6.29. The summed E-state index contributed by atoms with van der Waals surface area (Å²) in [7, 11) is 1.69. The molecule has 0 amide bonds. The smallest absolute Gasteiger partial charge is 0.134 e. The van der Waals surface area contributed by atoms with E-state index < -0.39 is 0 Å². The Morgan fingerprint density at radius 3 is 2.72 bits per heavy atom. The molecule has 0 aliphatic rings. The van der Waals surface area contributed by atoms with Gasteiger partial charge in [0.05, 0.1) is 6.61 Å². The summed E-state index contributed by atoms with van der Waals surface area (Å²) in [5.41, 5.74) is 2.33. The molecule has 0 fully saturated rings. The van der Waals surface area contributed by atoms with Crippen LogP contribution >= 0.6 is 11.6 Å². The zero-order valence-corrected chi connectivity index (χ0v) is 10.8. The summed E-state index contributed by atoms with van der Waals surface area (Å²) in [6.07, 6.45) is 1.44. The van der Waals surface area contributed by atoms with E-state index in [1.165, 1.54) is 11.9 Å². The number of halogens is 1. The quantitative estimate of drug-likeness (QED) is 0.843. The van der Waals surface area contributed by atoms with E-state index in [0.29, 0.717) is 24.1 Å². The van der Waals surface area contributed by atoms with Crippen molar-refractivity contribution >= 4 is 17.4 Å². The number of aromatic nitrogens is 2. The van der Waals surface area contributed by atoms with Crippen molar-refractivity contribution in [3.63, 3.8) is 0 Å². The number of anilines is 1. The number of hydrogen-bond donors (Lipinski definition) is 1. The van der Waals surface area contributed by atoms with Gasteiger partial charge in [0.2, 0.25) is 0 Å². The molecular formula is C13H14ClN3O. The molecule has 1 N–H and O–H groups in total. The lowest BCUT2D eigenvalue weighted by molar-refractivity contribution is 0.184. The Balaban J connectivity index is 2.06.